The average molecular weight is 394 g/mol. The molecule has 0 saturated carbocycles. The Morgan fingerprint density at radius 2 is 1.14 bits per heavy atom. The molecule has 0 aliphatic carbocycles. The maximum atomic E-state index is 11.3. The van der Waals surface area contributed by atoms with Crippen molar-refractivity contribution >= 4 is 0 Å². The lowest BCUT2D eigenvalue weighted by Crippen LogP contribution is -2.35. The number of rotatable bonds is 11. The molecule has 2 heterocycles. The van der Waals surface area contributed by atoms with Crippen LogP contribution in [0.4, 0.5) is 0 Å². The molecule has 0 unspecified atom stereocenters. The lowest BCUT2D eigenvalue weighted by atomic mass is 10.4. The fraction of sp³-hybridized carbons (Fsp3) is 0.444. The van der Waals surface area contributed by atoms with Gasteiger partial charge in [-0.2, -0.15) is 0 Å². The standard InChI is InChI=1S/C18H26N4O6/c1-19(11-13-27-17-7-3-5-15(23)21(17)25)9-10-20(2)12-14-28-18-8-4-6-16(24)22(18)26/h3-8,25-26H,9-14H2,1-2H3. The summed E-state index contributed by atoms with van der Waals surface area (Å²) in [7, 11) is 3.89. The molecule has 2 rings (SSSR count). The molecule has 10 nitrogen and oxygen atoms in total. The Bertz CT molecular complexity index is 794. The molecule has 28 heavy (non-hydrogen) atoms. The van der Waals surface area contributed by atoms with Crippen molar-refractivity contribution < 1.29 is 19.9 Å². The van der Waals surface area contributed by atoms with Gasteiger partial charge in [0.05, 0.1) is 0 Å². The number of pyridine rings is 2. The van der Waals surface area contributed by atoms with E-state index in [0.29, 0.717) is 35.8 Å². The van der Waals surface area contributed by atoms with Crippen molar-refractivity contribution in [1.29, 1.82) is 0 Å². The highest BCUT2D eigenvalue weighted by atomic mass is 16.6. The number of hydrogen-bond donors (Lipinski definition) is 2. The van der Waals surface area contributed by atoms with Crippen molar-refractivity contribution in [2.75, 3.05) is 53.5 Å². The molecule has 0 spiro atoms. The molecule has 0 aliphatic rings. The number of likely N-dealkylation sites (N-methyl/N-ethyl adjacent to an activating group) is 2. The Kier molecular flexibility index (Phi) is 7.90. The Balaban J connectivity index is 1.63. The van der Waals surface area contributed by atoms with E-state index in [2.05, 4.69) is 9.80 Å². The van der Waals surface area contributed by atoms with Crippen molar-refractivity contribution in [3.63, 3.8) is 0 Å². The van der Waals surface area contributed by atoms with Crippen molar-refractivity contribution in [1.82, 2.24) is 19.3 Å². The molecule has 10 heteroatoms. The molecular formula is C18H26N4O6. The third-order valence-electron chi connectivity index (χ3n) is 4.10. The number of nitrogens with zero attached hydrogens (tertiary/aromatic N) is 4. The van der Waals surface area contributed by atoms with E-state index in [9.17, 15) is 20.0 Å². The molecule has 0 aromatic carbocycles. The number of ether oxygens (including phenoxy) is 2. The van der Waals surface area contributed by atoms with Gasteiger partial charge in [-0.3, -0.25) is 9.59 Å². The summed E-state index contributed by atoms with van der Waals surface area (Å²) >= 11 is 0. The predicted molar refractivity (Wildman–Crippen MR) is 102 cm³/mol. The quantitative estimate of drug-likeness (QED) is 0.505. The molecule has 2 aromatic rings. The van der Waals surface area contributed by atoms with Gasteiger partial charge in [0.2, 0.25) is 11.8 Å². The van der Waals surface area contributed by atoms with Gasteiger partial charge >= 0.3 is 0 Å². The van der Waals surface area contributed by atoms with Gasteiger partial charge in [0.25, 0.3) is 11.1 Å². The summed E-state index contributed by atoms with van der Waals surface area (Å²) in [6, 6.07) is 8.58. The molecule has 0 amide bonds. The zero-order chi connectivity index (χ0) is 20.5. The van der Waals surface area contributed by atoms with Gasteiger partial charge in [-0.1, -0.05) is 12.1 Å². The van der Waals surface area contributed by atoms with Gasteiger partial charge in [-0.15, -0.1) is 9.46 Å². The van der Waals surface area contributed by atoms with Crippen LogP contribution < -0.4 is 20.6 Å². The van der Waals surface area contributed by atoms with Crippen molar-refractivity contribution in [2.45, 2.75) is 0 Å². The van der Waals surface area contributed by atoms with Crippen LogP contribution in [0.1, 0.15) is 0 Å². The first kappa shape index (κ1) is 21.3. The van der Waals surface area contributed by atoms with Gasteiger partial charge in [-0.05, 0) is 14.1 Å². The first-order valence-electron chi connectivity index (χ1n) is 8.84. The topological polar surface area (TPSA) is 109 Å². The highest BCUT2D eigenvalue weighted by Crippen LogP contribution is 2.05. The Morgan fingerprint density at radius 3 is 1.54 bits per heavy atom. The van der Waals surface area contributed by atoms with Gasteiger partial charge in [0, 0.05) is 50.4 Å². The van der Waals surface area contributed by atoms with Crippen LogP contribution in [0.25, 0.3) is 0 Å². The maximum Gasteiger partial charge on any atom is 0.286 e. The van der Waals surface area contributed by atoms with Gasteiger partial charge < -0.3 is 29.7 Å². The summed E-state index contributed by atoms with van der Waals surface area (Å²) in [5.74, 6) is 0.219. The lowest BCUT2D eigenvalue weighted by Gasteiger charge is -2.22. The average Bonchev–Trinajstić information content (AvgIpc) is 2.67. The minimum atomic E-state index is -0.539. The number of hydrogen-bond acceptors (Lipinski definition) is 8. The van der Waals surface area contributed by atoms with E-state index in [0.717, 1.165) is 13.1 Å². The van der Waals surface area contributed by atoms with Crippen LogP contribution in [0.15, 0.2) is 46.0 Å². The summed E-state index contributed by atoms with van der Waals surface area (Å²) in [6.45, 7) is 3.44. The van der Waals surface area contributed by atoms with Gasteiger partial charge in [0.1, 0.15) is 13.2 Å². The molecule has 0 atom stereocenters. The summed E-state index contributed by atoms with van der Waals surface area (Å²) in [4.78, 5) is 26.7. The van der Waals surface area contributed by atoms with E-state index in [1.54, 1.807) is 0 Å². The molecule has 0 fully saturated rings. The first-order valence-corrected chi connectivity index (χ1v) is 8.84. The van der Waals surface area contributed by atoms with Crippen molar-refractivity contribution in [3.8, 4) is 11.8 Å². The second kappa shape index (κ2) is 10.4. The molecular weight excluding hydrogens is 368 g/mol. The minimum absolute atomic E-state index is 0.110. The van der Waals surface area contributed by atoms with E-state index in [-0.39, 0.29) is 11.8 Å². The Morgan fingerprint density at radius 1 is 0.750 bits per heavy atom. The molecule has 0 bridgehead atoms. The summed E-state index contributed by atoms with van der Waals surface area (Å²) in [5, 5.41) is 19.1. The third kappa shape index (κ3) is 6.32. The lowest BCUT2D eigenvalue weighted by molar-refractivity contribution is 0.117. The first-order chi connectivity index (χ1) is 13.4. The van der Waals surface area contributed by atoms with Gasteiger partial charge in [0.15, 0.2) is 0 Å². The Hall–Kier alpha value is -2.98. The SMILES string of the molecule is CN(CCOc1cccc(=O)n1O)CCN(C)CCOc1cccc(=O)n1O. The van der Waals surface area contributed by atoms with E-state index < -0.39 is 11.1 Å². The van der Waals surface area contributed by atoms with E-state index in [4.69, 9.17) is 9.47 Å². The van der Waals surface area contributed by atoms with Crippen LogP contribution >= 0.6 is 0 Å². The summed E-state index contributed by atoms with van der Waals surface area (Å²) in [6.07, 6.45) is 0. The summed E-state index contributed by atoms with van der Waals surface area (Å²) in [5.41, 5.74) is -1.08. The normalized spacial score (nSPS) is 11.1. The van der Waals surface area contributed by atoms with E-state index in [1.165, 1.54) is 36.4 Å². The van der Waals surface area contributed by atoms with Gasteiger partial charge in [-0.25, -0.2) is 0 Å². The predicted octanol–water partition coefficient (Wildman–Crippen LogP) is -0.194. The zero-order valence-corrected chi connectivity index (χ0v) is 16.0. The van der Waals surface area contributed by atoms with Crippen LogP contribution in [0.3, 0.4) is 0 Å². The second-order valence-electron chi connectivity index (χ2n) is 6.33. The van der Waals surface area contributed by atoms with Crippen LogP contribution in [0.5, 0.6) is 11.8 Å². The molecule has 2 aromatic heterocycles. The van der Waals surface area contributed by atoms with Crippen molar-refractivity contribution in [2.24, 2.45) is 0 Å². The fourth-order valence-corrected chi connectivity index (χ4v) is 2.32. The largest absolute Gasteiger partial charge is 0.475 e. The van der Waals surface area contributed by atoms with Crippen LogP contribution in [-0.2, 0) is 0 Å². The highest BCUT2D eigenvalue weighted by molar-refractivity contribution is 5.11. The maximum absolute atomic E-state index is 11.3. The van der Waals surface area contributed by atoms with Crippen LogP contribution in [0, 0.1) is 0 Å². The van der Waals surface area contributed by atoms with Crippen molar-refractivity contribution in [3.05, 3.63) is 57.1 Å². The molecule has 0 aliphatic heterocycles. The van der Waals surface area contributed by atoms with Crippen LogP contribution in [0.2, 0.25) is 0 Å². The Labute approximate surface area is 162 Å². The third-order valence-corrected chi connectivity index (χ3v) is 4.10. The molecule has 0 saturated heterocycles. The summed E-state index contributed by atoms with van der Waals surface area (Å²) < 4.78 is 11.8. The molecule has 2 N–H and O–H groups in total. The minimum Gasteiger partial charge on any atom is -0.475 e. The second-order valence-corrected chi connectivity index (χ2v) is 6.33. The van der Waals surface area contributed by atoms with E-state index in [1.807, 2.05) is 14.1 Å². The zero-order valence-electron chi connectivity index (χ0n) is 16.0. The number of aromatic nitrogens is 2. The molecule has 154 valence electrons. The smallest absolute Gasteiger partial charge is 0.286 e. The fourth-order valence-electron chi connectivity index (χ4n) is 2.32. The van der Waals surface area contributed by atoms with Crippen LogP contribution in [-0.4, -0.2) is 83.2 Å². The molecule has 0 radical (unpaired) electrons. The highest BCUT2D eigenvalue weighted by Gasteiger charge is 2.07. The van der Waals surface area contributed by atoms with E-state index >= 15 is 0 Å². The monoisotopic (exact) mass is 394 g/mol.